The first-order chi connectivity index (χ1) is 12.5. The zero-order valence-corrected chi connectivity index (χ0v) is 15.4. The smallest absolute Gasteiger partial charge is 0.267 e. The molecule has 132 valence electrons. The van der Waals surface area contributed by atoms with Gasteiger partial charge in [0.25, 0.3) is 5.91 Å². The van der Waals surface area contributed by atoms with E-state index in [-0.39, 0.29) is 5.91 Å². The third kappa shape index (κ3) is 3.02. The van der Waals surface area contributed by atoms with E-state index in [1.807, 2.05) is 19.1 Å². The molecule has 4 rings (SSSR count). The maximum absolute atomic E-state index is 12.6. The van der Waals surface area contributed by atoms with Crippen molar-refractivity contribution < 1.29 is 4.79 Å². The van der Waals surface area contributed by atoms with E-state index in [4.69, 9.17) is 11.6 Å². The molecule has 0 atom stereocenters. The molecule has 0 aliphatic heterocycles. The van der Waals surface area contributed by atoms with Gasteiger partial charge in [0.2, 0.25) is 0 Å². The number of hydrogen-bond acceptors (Lipinski definition) is 6. The van der Waals surface area contributed by atoms with Gasteiger partial charge in [-0.2, -0.15) is 10.2 Å². The summed E-state index contributed by atoms with van der Waals surface area (Å²) < 4.78 is 1.54. The van der Waals surface area contributed by atoms with E-state index >= 15 is 0 Å². The molecule has 4 aromatic rings. The summed E-state index contributed by atoms with van der Waals surface area (Å²) in [6.45, 7) is 1.94. The number of fused-ring (bicyclic) bond motifs is 1. The number of thiazole rings is 1. The molecule has 10 heteroatoms. The molecule has 3 N–H and O–H groups in total. The lowest BCUT2D eigenvalue weighted by molar-refractivity contribution is 0.103. The number of nitrogens with one attached hydrogen (secondary N) is 3. The number of H-pyrrole nitrogens is 1. The average molecular weight is 388 g/mol. The summed E-state index contributed by atoms with van der Waals surface area (Å²) in [6.07, 6.45) is 3.22. The van der Waals surface area contributed by atoms with E-state index in [0.29, 0.717) is 21.0 Å². The Balaban J connectivity index is 1.54. The van der Waals surface area contributed by atoms with Crippen LogP contribution >= 0.6 is 22.9 Å². The second-order valence-corrected chi connectivity index (χ2v) is 7.09. The highest BCUT2D eigenvalue weighted by Gasteiger charge is 2.15. The summed E-state index contributed by atoms with van der Waals surface area (Å²) in [6, 6.07) is 5.55. The number of hydrogen-bond donors (Lipinski definition) is 3. The number of carbonyl (C=O) groups excluding carboxylic acids is 1. The minimum Gasteiger partial charge on any atom is -0.320 e. The van der Waals surface area contributed by atoms with Gasteiger partial charge in [-0.1, -0.05) is 29.0 Å². The zero-order valence-electron chi connectivity index (χ0n) is 13.9. The fourth-order valence-corrected chi connectivity index (χ4v) is 3.38. The molecular formula is C16H14ClN7OS. The molecule has 1 amide bonds. The highest BCUT2D eigenvalue weighted by atomic mass is 35.5. The number of anilines is 3. The highest BCUT2D eigenvalue weighted by molar-refractivity contribution is 7.17. The largest absolute Gasteiger partial charge is 0.320 e. The summed E-state index contributed by atoms with van der Waals surface area (Å²) in [5.41, 5.74) is 2.56. The number of aromatic amines is 1. The third-order valence-electron chi connectivity index (χ3n) is 3.86. The third-order valence-corrected chi connectivity index (χ3v) is 5.12. The SMILES string of the molecule is Cc1ccc2[nH]ncc2c1NC(=O)c1cnc(Nc2cc(Cl)n(C)n2)s1. The Labute approximate surface area is 157 Å². The van der Waals surface area contributed by atoms with Gasteiger partial charge in [0, 0.05) is 18.5 Å². The van der Waals surface area contributed by atoms with Crippen LogP contribution in [-0.4, -0.2) is 30.9 Å². The number of carbonyl (C=O) groups is 1. The van der Waals surface area contributed by atoms with E-state index in [1.165, 1.54) is 17.5 Å². The average Bonchev–Trinajstić information content (AvgIpc) is 3.32. The molecule has 3 heterocycles. The van der Waals surface area contributed by atoms with Gasteiger partial charge in [-0.05, 0) is 18.6 Å². The van der Waals surface area contributed by atoms with Crippen molar-refractivity contribution in [1.29, 1.82) is 0 Å². The molecule has 3 aromatic heterocycles. The van der Waals surface area contributed by atoms with Crippen LogP contribution in [0.1, 0.15) is 15.2 Å². The van der Waals surface area contributed by atoms with Crippen molar-refractivity contribution in [3.63, 3.8) is 0 Å². The van der Waals surface area contributed by atoms with E-state index in [0.717, 1.165) is 22.2 Å². The maximum Gasteiger partial charge on any atom is 0.267 e. The fraction of sp³-hybridized carbons (Fsp3) is 0.125. The monoisotopic (exact) mass is 387 g/mol. The molecule has 0 spiro atoms. The number of benzene rings is 1. The number of nitrogens with zero attached hydrogens (tertiary/aromatic N) is 4. The van der Waals surface area contributed by atoms with Gasteiger partial charge in [0.05, 0.1) is 23.6 Å². The maximum atomic E-state index is 12.6. The van der Waals surface area contributed by atoms with Crippen LogP contribution < -0.4 is 10.6 Å². The van der Waals surface area contributed by atoms with Crippen LogP contribution in [0.4, 0.5) is 16.6 Å². The predicted octanol–water partition coefficient (Wildman–Crippen LogP) is 3.71. The van der Waals surface area contributed by atoms with Crippen molar-refractivity contribution in [2.24, 2.45) is 7.05 Å². The lowest BCUT2D eigenvalue weighted by Gasteiger charge is -2.08. The molecule has 1 aromatic carbocycles. The summed E-state index contributed by atoms with van der Waals surface area (Å²) in [5, 5.41) is 19.0. The Morgan fingerprint density at radius 3 is 2.96 bits per heavy atom. The van der Waals surface area contributed by atoms with Crippen LogP contribution in [0.2, 0.25) is 5.15 Å². The minimum absolute atomic E-state index is 0.230. The van der Waals surface area contributed by atoms with Crippen molar-refractivity contribution in [2.75, 3.05) is 10.6 Å². The standard InChI is InChI=1S/C16H14ClN7OS/c1-8-3-4-10-9(6-19-22-10)14(8)21-15(25)11-7-18-16(26-11)20-13-5-12(17)24(2)23-13/h3-7H,1-2H3,(H,19,22)(H,21,25)(H,18,20,23). The highest BCUT2D eigenvalue weighted by Crippen LogP contribution is 2.28. The predicted molar refractivity (Wildman–Crippen MR) is 102 cm³/mol. The first-order valence-electron chi connectivity index (χ1n) is 7.67. The lowest BCUT2D eigenvalue weighted by atomic mass is 10.1. The number of aryl methyl sites for hydroxylation is 2. The number of aromatic nitrogens is 5. The van der Waals surface area contributed by atoms with E-state index < -0.39 is 0 Å². The van der Waals surface area contributed by atoms with Crippen molar-refractivity contribution in [3.8, 4) is 0 Å². The molecular weight excluding hydrogens is 374 g/mol. The normalized spacial score (nSPS) is 11.0. The van der Waals surface area contributed by atoms with Crippen LogP contribution in [0.25, 0.3) is 10.9 Å². The Kier molecular flexibility index (Phi) is 4.09. The Morgan fingerprint density at radius 2 is 2.19 bits per heavy atom. The molecule has 0 fully saturated rings. The van der Waals surface area contributed by atoms with Crippen molar-refractivity contribution in [2.45, 2.75) is 6.92 Å². The molecule has 0 aliphatic rings. The fourth-order valence-electron chi connectivity index (χ4n) is 2.52. The molecule has 26 heavy (non-hydrogen) atoms. The number of rotatable bonds is 4. The zero-order chi connectivity index (χ0) is 18.3. The van der Waals surface area contributed by atoms with E-state index in [1.54, 1.807) is 24.0 Å². The molecule has 0 aliphatic carbocycles. The van der Waals surface area contributed by atoms with Gasteiger partial charge in [-0.25, -0.2) is 4.98 Å². The lowest BCUT2D eigenvalue weighted by Crippen LogP contribution is -2.11. The number of halogens is 1. The van der Waals surface area contributed by atoms with Crippen LogP contribution in [0, 0.1) is 6.92 Å². The molecule has 0 radical (unpaired) electrons. The van der Waals surface area contributed by atoms with Crippen LogP contribution in [0.3, 0.4) is 0 Å². The Bertz CT molecular complexity index is 1090. The summed E-state index contributed by atoms with van der Waals surface area (Å²) in [7, 11) is 1.74. The van der Waals surface area contributed by atoms with E-state index in [2.05, 4.69) is 30.9 Å². The second kappa shape index (κ2) is 6.43. The van der Waals surface area contributed by atoms with Crippen LogP contribution in [0.15, 0.2) is 30.6 Å². The Morgan fingerprint density at radius 1 is 1.35 bits per heavy atom. The van der Waals surface area contributed by atoms with Gasteiger partial charge in [-0.3, -0.25) is 14.6 Å². The second-order valence-electron chi connectivity index (χ2n) is 5.67. The minimum atomic E-state index is -0.230. The first kappa shape index (κ1) is 16.6. The van der Waals surface area contributed by atoms with Crippen LogP contribution in [-0.2, 0) is 7.05 Å². The van der Waals surface area contributed by atoms with Gasteiger partial charge in [0.1, 0.15) is 10.0 Å². The Hall–Kier alpha value is -2.91. The van der Waals surface area contributed by atoms with Gasteiger partial charge >= 0.3 is 0 Å². The molecule has 0 saturated heterocycles. The summed E-state index contributed by atoms with van der Waals surface area (Å²) in [4.78, 5) is 17.3. The molecule has 8 nitrogen and oxygen atoms in total. The molecule has 0 saturated carbocycles. The number of amides is 1. The van der Waals surface area contributed by atoms with Gasteiger partial charge in [-0.15, -0.1) is 0 Å². The topological polar surface area (TPSA) is 101 Å². The molecule has 0 unspecified atom stereocenters. The molecule has 0 bridgehead atoms. The summed E-state index contributed by atoms with van der Waals surface area (Å²) >= 11 is 7.20. The summed E-state index contributed by atoms with van der Waals surface area (Å²) in [5.74, 6) is 0.337. The van der Waals surface area contributed by atoms with Gasteiger partial charge < -0.3 is 10.6 Å². The van der Waals surface area contributed by atoms with Crippen molar-refractivity contribution >= 4 is 56.4 Å². The van der Waals surface area contributed by atoms with E-state index in [9.17, 15) is 4.79 Å². The van der Waals surface area contributed by atoms with Gasteiger partial charge in [0.15, 0.2) is 10.9 Å². The van der Waals surface area contributed by atoms with Crippen molar-refractivity contribution in [3.05, 3.63) is 46.2 Å². The van der Waals surface area contributed by atoms with Crippen LogP contribution in [0.5, 0.6) is 0 Å². The quantitative estimate of drug-likeness (QED) is 0.495. The van der Waals surface area contributed by atoms with Crippen molar-refractivity contribution in [1.82, 2.24) is 25.0 Å². The first-order valence-corrected chi connectivity index (χ1v) is 8.87.